The minimum absolute atomic E-state index is 0.00575. The molecule has 0 spiro atoms. The van der Waals surface area contributed by atoms with Crippen LogP contribution in [0.4, 0.5) is 4.79 Å². The highest BCUT2D eigenvalue weighted by atomic mass is 32.2. The van der Waals surface area contributed by atoms with E-state index in [2.05, 4.69) is 10.3 Å². The van der Waals surface area contributed by atoms with Gasteiger partial charge in [0.25, 0.3) is 0 Å². The number of ether oxygens (including phenoxy) is 3. The van der Waals surface area contributed by atoms with E-state index in [0.29, 0.717) is 17.1 Å². The molecule has 0 saturated carbocycles. The lowest BCUT2D eigenvalue weighted by Gasteiger charge is -2.30. The molecule has 1 amide bonds. The number of nitrogens with one attached hydrogen (secondary N) is 1. The van der Waals surface area contributed by atoms with Crippen LogP contribution in [0.1, 0.15) is 25.0 Å². The van der Waals surface area contributed by atoms with Gasteiger partial charge in [0.2, 0.25) is 16.8 Å². The third-order valence-corrected chi connectivity index (χ3v) is 7.93. The number of aliphatic hydroxyl groups excluding tert-OH is 1. The second kappa shape index (κ2) is 12.9. The Morgan fingerprint density at radius 3 is 2.51 bits per heavy atom. The summed E-state index contributed by atoms with van der Waals surface area (Å²) in [5, 5.41) is 14.1. The Hall–Kier alpha value is -3.67. The van der Waals surface area contributed by atoms with Gasteiger partial charge in [-0.15, -0.1) is 0 Å². The Balaban J connectivity index is 1.52. The second-order valence-electron chi connectivity index (χ2n) is 9.68. The minimum Gasteiger partial charge on any atom is -0.454 e. The first kappa shape index (κ1) is 28.3. The molecule has 3 aromatic rings. The van der Waals surface area contributed by atoms with E-state index < -0.39 is 28.3 Å². The molecular weight excluding hydrogens is 522 g/mol. The molecule has 0 saturated heterocycles. The SMILES string of the molecule is CC(C)CN(C[C@@H](O)C(Cc1ccccc1)NC(=O)OCc1cccnc1)S(=O)(=O)c1ccc2c(c1)OCO2. The summed E-state index contributed by atoms with van der Waals surface area (Å²) in [7, 11) is -4.01. The van der Waals surface area contributed by atoms with Gasteiger partial charge in [0.15, 0.2) is 11.5 Å². The van der Waals surface area contributed by atoms with Crippen molar-refractivity contribution >= 4 is 16.1 Å². The van der Waals surface area contributed by atoms with Crippen molar-refractivity contribution in [3.8, 4) is 11.5 Å². The van der Waals surface area contributed by atoms with Crippen molar-refractivity contribution in [1.29, 1.82) is 0 Å². The number of hydrogen-bond donors (Lipinski definition) is 2. The van der Waals surface area contributed by atoms with Gasteiger partial charge in [-0.25, -0.2) is 13.2 Å². The van der Waals surface area contributed by atoms with Crippen LogP contribution in [-0.4, -0.2) is 60.9 Å². The van der Waals surface area contributed by atoms with Crippen molar-refractivity contribution in [2.45, 2.75) is 43.9 Å². The average molecular weight is 556 g/mol. The number of carbonyl (C=O) groups excluding carboxylic acids is 1. The second-order valence-corrected chi connectivity index (χ2v) is 11.6. The molecular formula is C28H33N3O7S. The van der Waals surface area contributed by atoms with Gasteiger partial charge < -0.3 is 24.6 Å². The summed E-state index contributed by atoms with van der Waals surface area (Å²) in [6, 6.07) is 16.5. The van der Waals surface area contributed by atoms with Gasteiger partial charge >= 0.3 is 6.09 Å². The summed E-state index contributed by atoms with van der Waals surface area (Å²) in [5.41, 5.74) is 1.58. The number of aliphatic hydroxyl groups is 1. The maximum atomic E-state index is 13.7. The van der Waals surface area contributed by atoms with E-state index in [9.17, 15) is 18.3 Å². The van der Waals surface area contributed by atoms with Crippen LogP contribution < -0.4 is 14.8 Å². The Bertz CT molecular complexity index is 1340. The maximum absolute atomic E-state index is 13.7. The molecule has 2 aromatic carbocycles. The number of fused-ring (bicyclic) bond motifs is 1. The Labute approximate surface area is 228 Å². The van der Waals surface area contributed by atoms with Gasteiger partial charge in [-0.1, -0.05) is 50.2 Å². The van der Waals surface area contributed by atoms with Gasteiger partial charge in [0.05, 0.1) is 17.0 Å². The number of pyridine rings is 1. The number of alkyl carbamates (subject to hydrolysis) is 1. The lowest BCUT2D eigenvalue weighted by molar-refractivity contribution is 0.0873. The Morgan fingerprint density at radius 1 is 1.05 bits per heavy atom. The monoisotopic (exact) mass is 555 g/mol. The van der Waals surface area contributed by atoms with Gasteiger partial charge in [0, 0.05) is 37.1 Å². The fourth-order valence-corrected chi connectivity index (χ4v) is 5.81. The summed E-state index contributed by atoms with van der Waals surface area (Å²) in [4.78, 5) is 16.7. The zero-order chi connectivity index (χ0) is 27.8. The van der Waals surface area contributed by atoms with Crippen molar-refractivity contribution in [3.05, 3.63) is 84.2 Å². The Morgan fingerprint density at radius 2 is 1.79 bits per heavy atom. The third-order valence-electron chi connectivity index (χ3n) is 6.10. The molecule has 0 aliphatic carbocycles. The van der Waals surface area contributed by atoms with Crippen LogP contribution >= 0.6 is 0 Å². The highest BCUT2D eigenvalue weighted by molar-refractivity contribution is 7.89. The highest BCUT2D eigenvalue weighted by Crippen LogP contribution is 2.34. The Kier molecular flexibility index (Phi) is 9.39. The van der Waals surface area contributed by atoms with Crippen molar-refractivity contribution in [2.24, 2.45) is 5.92 Å². The molecule has 0 radical (unpaired) electrons. The molecule has 4 rings (SSSR count). The fourth-order valence-electron chi connectivity index (χ4n) is 4.18. The van der Waals surface area contributed by atoms with Crippen molar-refractivity contribution in [2.75, 3.05) is 19.9 Å². The van der Waals surface area contributed by atoms with Crippen LogP contribution in [0.2, 0.25) is 0 Å². The molecule has 10 nitrogen and oxygen atoms in total. The van der Waals surface area contributed by atoms with E-state index in [0.717, 1.165) is 5.56 Å². The van der Waals surface area contributed by atoms with Gasteiger partial charge in [-0.05, 0) is 36.1 Å². The molecule has 2 N–H and O–H groups in total. The smallest absolute Gasteiger partial charge is 0.407 e. The van der Waals surface area contributed by atoms with Crippen LogP contribution in [0, 0.1) is 5.92 Å². The highest BCUT2D eigenvalue weighted by Gasteiger charge is 2.32. The zero-order valence-electron chi connectivity index (χ0n) is 21.9. The maximum Gasteiger partial charge on any atom is 0.407 e. The van der Waals surface area contributed by atoms with Crippen LogP contribution in [0.3, 0.4) is 0 Å². The predicted octanol–water partition coefficient (Wildman–Crippen LogP) is 3.36. The average Bonchev–Trinajstić information content (AvgIpc) is 3.40. The fraction of sp³-hybridized carbons (Fsp3) is 0.357. The number of carbonyl (C=O) groups is 1. The van der Waals surface area contributed by atoms with E-state index in [1.807, 2.05) is 44.2 Å². The molecule has 1 unspecified atom stereocenters. The van der Waals surface area contributed by atoms with Crippen LogP contribution in [-0.2, 0) is 27.8 Å². The van der Waals surface area contributed by atoms with Crippen LogP contribution in [0.15, 0.2) is 78.0 Å². The van der Waals surface area contributed by atoms with E-state index in [1.165, 1.54) is 16.4 Å². The first-order valence-corrected chi connectivity index (χ1v) is 14.1. The van der Waals surface area contributed by atoms with Crippen molar-refractivity contribution in [1.82, 2.24) is 14.6 Å². The molecule has 11 heteroatoms. The molecule has 1 aromatic heterocycles. The zero-order valence-corrected chi connectivity index (χ0v) is 22.7. The molecule has 0 fully saturated rings. The quantitative estimate of drug-likeness (QED) is 0.348. The molecule has 2 atom stereocenters. The van der Waals surface area contributed by atoms with Gasteiger partial charge in [-0.3, -0.25) is 4.98 Å². The van der Waals surface area contributed by atoms with Crippen molar-refractivity contribution < 1.29 is 32.5 Å². The number of hydrogen-bond acceptors (Lipinski definition) is 8. The lowest BCUT2D eigenvalue weighted by atomic mass is 10.0. The standard InChI is InChI=1S/C28H33N3O7S/c1-20(2)16-31(39(34,35)23-10-11-26-27(14-23)38-19-37-26)17-25(32)24(13-21-7-4-3-5-8-21)30-28(33)36-18-22-9-6-12-29-15-22/h3-12,14-15,20,24-25,32H,13,16-19H2,1-2H3,(H,30,33)/t24?,25-/m1/s1. The summed E-state index contributed by atoms with van der Waals surface area (Å²) >= 11 is 0. The molecule has 1 aliphatic heterocycles. The summed E-state index contributed by atoms with van der Waals surface area (Å²) in [6.07, 6.45) is 1.51. The molecule has 208 valence electrons. The molecule has 39 heavy (non-hydrogen) atoms. The molecule has 1 aliphatic rings. The summed E-state index contributed by atoms with van der Waals surface area (Å²) < 4.78 is 44.6. The van der Waals surface area contributed by atoms with Crippen LogP contribution in [0.25, 0.3) is 0 Å². The lowest BCUT2D eigenvalue weighted by Crippen LogP contribution is -2.51. The number of nitrogens with zero attached hydrogens (tertiary/aromatic N) is 2. The number of rotatable bonds is 12. The number of benzene rings is 2. The number of aromatic nitrogens is 1. The molecule has 2 heterocycles. The predicted molar refractivity (Wildman–Crippen MR) is 144 cm³/mol. The molecule has 0 bridgehead atoms. The number of amides is 1. The summed E-state index contributed by atoms with van der Waals surface area (Å²) in [5.74, 6) is 0.799. The summed E-state index contributed by atoms with van der Waals surface area (Å²) in [6.45, 7) is 3.74. The van der Waals surface area contributed by atoms with Gasteiger partial charge in [-0.2, -0.15) is 4.31 Å². The van der Waals surface area contributed by atoms with E-state index in [4.69, 9.17) is 14.2 Å². The van der Waals surface area contributed by atoms with Crippen molar-refractivity contribution in [3.63, 3.8) is 0 Å². The first-order valence-electron chi connectivity index (χ1n) is 12.7. The minimum atomic E-state index is -4.01. The van der Waals surface area contributed by atoms with Crippen LogP contribution in [0.5, 0.6) is 11.5 Å². The third kappa shape index (κ3) is 7.69. The van der Waals surface area contributed by atoms with Gasteiger partial charge in [0.1, 0.15) is 6.61 Å². The normalized spacial score (nSPS) is 14.3. The largest absolute Gasteiger partial charge is 0.454 e. The van der Waals surface area contributed by atoms with E-state index in [-0.39, 0.29) is 43.7 Å². The van der Waals surface area contributed by atoms with E-state index in [1.54, 1.807) is 30.6 Å². The number of sulfonamides is 1. The topological polar surface area (TPSA) is 127 Å². The first-order chi connectivity index (χ1) is 18.7. The van der Waals surface area contributed by atoms with E-state index >= 15 is 0 Å².